The number of aryl methyl sites for hydroxylation is 3. The third-order valence-electron chi connectivity index (χ3n) is 4.51. The van der Waals surface area contributed by atoms with E-state index in [-0.39, 0.29) is 12.5 Å². The molecule has 8 heteroatoms. The summed E-state index contributed by atoms with van der Waals surface area (Å²) in [5.41, 5.74) is 4.50. The molecule has 3 N–H and O–H groups in total. The number of fused-ring (bicyclic) bond motifs is 1. The van der Waals surface area contributed by atoms with Gasteiger partial charge >= 0.3 is 0 Å². The molecule has 0 aromatic carbocycles. The number of hydrogen-bond donors (Lipinski definition) is 3. The van der Waals surface area contributed by atoms with Gasteiger partial charge in [0.25, 0.3) is 0 Å². The van der Waals surface area contributed by atoms with Crippen LogP contribution in [-0.2, 0) is 30.8 Å². The van der Waals surface area contributed by atoms with Crippen LogP contribution in [0.25, 0.3) is 0 Å². The minimum Gasteiger partial charge on any atom is -0.394 e. The van der Waals surface area contributed by atoms with Crippen LogP contribution in [0.4, 0.5) is 5.69 Å². The molecule has 0 bridgehead atoms. The first-order valence-corrected chi connectivity index (χ1v) is 8.79. The van der Waals surface area contributed by atoms with E-state index in [1.807, 2.05) is 18.5 Å². The molecule has 1 amide bonds. The molecule has 25 heavy (non-hydrogen) atoms. The number of carbonyl (C=O) groups is 1. The van der Waals surface area contributed by atoms with Crippen molar-refractivity contribution >= 4 is 11.6 Å². The van der Waals surface area contributed by atoms with Gasteiger partial charge < -0.3 is 15.7 Å². The van der Waals surface area contributed by atoms with E-state index >= 15 is 0 Å². The zero-order valence-electron chi connectivity index (χ0n) is 14.9. The minimum absolute atomic E-state index is 0.0230. The lowest BCUT2D eigenvalue weighted by Gasteiger charge is -2.06. The highest BCUT2D eigenvalue weighted by Crippen LogP contribution is 2.20. The SMILES string of the molecule is Cc1nn(CCO)c(C)c1NC(=O)CCc1cc2n(n1)CCCNC2. The van der Waals surface area contributed by atoms with Gasteiger partial charge in [-0.3, -0.25) is 14.2 Å². The van der Waals surface area contributed by atoms with E-state index in [0.717, 1.165) is 48.8 Å². The number of amides is 1. The van der Waals surface area contributed by atoms with Gasteiger partial charge in [0.1, 0.15) is 0 Å². The molecule has 0 atom stereocenters. The molecular weight excluding hydrogens is 320 g/mol. The molecule has 8 nitrogen and oxygen atoms in total. The van der Waals surface area contributed by atoms with Gasteiger partial charge in [-0.25, -0.2) is 0 Å². The van der Waals surface area contributed by atoms with Crippen molar-refractivity contribution in [2.75, 3.05) is 18.5 Å². The Morgan fingerprint density at radius 2 is 2.24 bits per heavy atom. The zero-order valence-corrected chi connectivity index (χ0v) is 14.9. The van der Waals surface area contributed by atoms with Gasteiger partial charge in [0.05, 0.1) is 41.6 Å². The first-order valence-electron chi connectivity index (χ1n) is 8.79. The molecule has 0 spiro atoms. The van der Waals surface area contributed by atoms with Crippen LogP contribution in [0.15, 0.2) is 6.07 Å². The first-order chi connectivity index (χ1) is 12.1. The molecular formula is C17H26N6O2. The van der Waals surface area contributed by atoms with Crippen molar-refractivity contribution in [2.45, 2.75) is 52.7 Å². The van der Waals surface area contributed by atoms with Gasteiger partial charge in [0, 0.05) is 25.9 Å². The second kappa shape index (κ2) is 7.79. The summed E-state index contributed by atoms with van der Waals surface area (Å²) < 4.78 is 3.75. The van der Waals surface area contributed by atoms with Crippen LogP contribution in [-0.4, -0.2) is 43.7 Å². The minimum atomic E-state index is -0.0453. The van der Waals surface area contributed by atoms with Crippen LogP contribution in [0.5, 0.6) is 0 Å². The molecule has 0 saturated heterocycles. The molecule has 3 rings (SSSR count). The average Bonchev–Trinajstić information content (AvgIpc) is 3.00. The fourth-order valence-electron chi connectivity index (χ4n) is 3.18. The largest absolute Gasteiger partial charge is 0.394 e. The van der Waals surface area contributed by atoms with Crippen molar-refractivity contribution in [3.05, 3.63) is 28.8 Å². The lowest BCUT2D eigenvalue weighted by Crippen LogP contribution is -2.14. The molecule has 1 aliphatic rings. The number of aromatic nitrogens is 4. The van der Waals surface area contributed by atoms with Crippen LogP contribution >= 0.6 is 0 Å². The summed E-state index contributed by atoms with van der Waals surface area (Å²) in [7, 11) is 0. The molecule has 1 aliphatic heterocycles. The van der Waals surface area contributed by atoms with E-state index < -0.39 is 0 Å². The van der Waals surface area contributed by atoms with Crippen molar-refractivity contribution in [3.63, 3.8) is 0 Å². The second-order valence-electron chi connectivity index (χ2n) is 6.42. The summed E-state index contributed by atoms with van der Waals surface area (Å²) in [6.07, 6.45) is 2.08. The Morgan fingerprint density at radius 3 is 3.04 bits per heavy atom. The summed E-state index contributed by atoms with van der Waals surface area (Å²) in [6.45, 7) is 6.98. The number of carbonyl (C=O) groups excluding carboxylic acids is 1. The molecule has 0 radical (unpaired) electrons. The maximum Gasteiger partial charge on any atom is 0.224 e. The van der Waals surface area contributed by atoms with Gasteiger partial charge in [0.2, 0.25) is 5.91 Å². The molecule has 2 aromatic rings. The van der Waals surface area contributed by atoms with Gasteiger partial charge in [0.15, 0.2) is 0 Å². The van der Waals surface area contributed by atoms with Crippen molar-refractivity contribution in [1.82, 2.24) is 24.9 Å². The highest BCUT2D eigenvalue weighted by Gasteiger charge is 2.15. The van der Waals surface area contributed by atoms with Gasteiger partial charge in [-0.15, -0.1) is 0 Å². The predicted octanol–water partition coefficient (Wildman–Crippen LogP) is 0.753. The predicted molar refractivity (Wildman–Crippen MR) is 94.3 cm³/mol. The molecule has 0 aliphatic carbocycles. The van der Waals surface area contributed by atoms with E-state index in [1.54, 1.807) is 4.68 Å². The van der Waals surface area contributed by atoms with E-state index in [1.165, 1.54) is 5.69 Å². The van der Waals surface area contributed by atoms with Gasteiger partial charge in [-0.1, -0.05) is 0 Å². The van der Waals surface area contributed by atoms with Crippen LogP contribution in [0.1, 0.15) is 35.6 Å². The Bertz CT molecular complexity index is 725. The Morgan fingerprint density at radius 1 is 1.40 bits per heavy atom. The Balaban J connectivity index is 1.58. The number of rotatable bonds is 6. The molecule has 136 valence electrons. The van der Waals surface area contributed by atoms with Crippen molar-refractivity contribution in [3.8, 4) is 0 Å². The highest BCUT2D eigenvalue weighted by molar-refractivity contribution is 5.92. The van der Waals surface area contributed by atoms with Crippen LogP contribution in [0, 0.1) is 13.8 Å². The molecule has 0 saturated carbocycles. The van der Waals surface area contributed by atoms with E-state index in [0.29, 0.717) is 19.4 Å². The maximum atomic E-state index is 12.3. The number of nitrogens with one attached hydrogen (secondary N) is 2. The summed E-state index contributed by atoms with van der Waals surface area (Å²) in [4.78, 5) is 12.3. The first kappa shape index (κ1) is 17.6. The van der Waals surface area contributed by atoms with Crippen LogP contribution in [0.2, 0.25) is 0 Å². The number of hydrogen-bond acceptors (Lipinski definition) is 5. The topological polar surface area (TPSA) is 97.0 Å². The summed E-state index contributed by atoms with van der Waals surface area (Å²) in [6, 6.07) is 2.08. The monoisotopic (exact) mass is 346 g/mol. The number of aliphatic hydroxyl groups excluding tert-OH is 1. The van der Waals surface area contributed by atoms with E-state index in [4.69, 9.17) is 5.11 Å². The van der Waals surface area contributed by atoms with Crippen LogP contribution in [0.3, 0.4) is 0 Å². The van der Waals surface area contributed by atoms with Gasteiger partial charge in [-0.05, 0) is 32.9 Å². The maximum absolute atomic E-state index is 12.3. The average molecular weight is 346 g/mol. The Hall–Kier alpha value is -2.19. The fourth-order valence-corrected chi connectivity index (χ4v) is 3.18. The van der Waals surface area contributed by atoms with Crippen molar-refractivity contribution in [1.29, 1.82) is 0 Å². The van der Waals surface area contributed by atoms with E-state index in [2.05, 4.69) is 26.9 Å². The molecule has 2 aromatic heterocycles. The lowest BCUT2D eigenvalue weighted by molar-refractivity contribution is -0.116. The third-order valence-corrected chi connectivity index (χ3v) is 4.51. The normalized spacial score (nSPS) is 14.2. The van der Waals surface area contributed by atoms with Crippen molar-refractivity contribution in [2.24, 2.45) is 0 Å². The smallest absolute Gasteiger partial charge is 0.224 e. The Labute approximate surface area is 147 Å². The summed E-state index contributed by atoms with van der Waals surface area (Å²) in [5, 5.41) is 24.3. The number of nitrogens with zero attached hydrogens (tertiary/aromatic N) is 4. The Kier molecular flexibility index (Phi) is 5.50. The number of aliphatic hydroxyl groups is 1. The standard InChI is InChI=1S/C17H26N6O2/c1-12-17(13(2)22(20-12)8-9-24)19-16(25)5-4-14-10-15-11-18-6-3-7-23(15)21-14/h10,18,24H,3-9,11H2,1-2H3,(H,19,25). The second-order valence-corrected chi connectivity index (χ2v) is 6.42. The van der Waals surface area contributed by atoms with E-state index in [9.17, 15) is 4.79 Å². The molecule has 0 unspecified atom stereocenters. The summed E-state index contributed by atoms with van der Waals surface area (Å²) in [5.74, 6) is -0.0453. The molecule has 0 fully saturated rings. The number of anilines is 1. The van der Waals surface area contributed by atoms with Gasteiger partial charge in [-0.2, -0.15) is 10.2 Å². The molecule has 3 heterocycles. The third kappa shape index (κ3) is 4.08. The zero-order chi connectivity index (χ0) is 17.8. The quantitative estimate of drug-likeness (QED) is 0.717. The lowest BCUT2D eigenvalue weighted by atomic mass is 10.2. The van der Waals surface area contributed by atoms with Crippen LogP contribution < -0.4 is 10.6 Å². The van der Waals surface area contributed by atoms with Crippen molar-refractivity contribution < 1.29 is 9.90 Å². The fraction of sp³-hybridized carbons (Fsp3) is 0.588. The highest BCUT2D eigenvalue weighted by atomic mass is 16.3. The summed E-state index contributed by atoms with van der Waals surface area (Å²) >= 11 is 0.